The van der Waals surface area contributed by atoms with E-state index in [0.29, 0.717) is 4.47 Å². The summed E-state index contributed by atoms with van der Waals surface area (Å²) >= 11 is 3.36. The number of anilines is 1. The van der Waals surface area contributed by atoms with Gasteiger partial charge in [0.05, 0.1) is 4.92 Å². The molecule has 2 rings (SSSR count). The molecule has 0 amide bonds. The molecule has 0 radical (unpaired) electrons. The average Bonchev–Trinajstić information content (AvgIpc) is 2.42. The number of nitro benzene ring substituents is 1. The molecule has 20 heavy (non-hydrogen) atoms. The number of non-ortho nitro benzene ring substituents is 1. The normalized spacial score (nSPS) is 11.9. The van der Waals surface area contributed by atoms with E-state index in [0.717, 1.165) is 12.1 Å². The molecule has 0 fully saturated rings. The molecule has 104 valence electrons. The van der Waals surface area contributed by atoms with Gasteiger partial charge in [0.15, 0.2) is 0 Å². The fourth-order valence-electron chi connectivity index (χ4n) is 2.02. The topological polar surface area (TPSA) is 55.2 Å². The molecule has 0 bridgehead atoms. The third kappa shape index (κ3) is 3.81. The van der Waals surface area contributed by atoms with Gasteiger partial charge in [-0.15, -0.1) is 0 Å². The number of halogens is 1. The Bertz CT molecular complexity index is 602. The molecule has 1 N–H and O–H groups in total. The Morgan fingerprint density at radius 3 is 2.55 bits per heavy atom. The molecule has 0 aliphatic heterocycles. The molecule has 0 heterocycles. The first kappa shape index (κ1) is 14.5. The first-order valence-electron chi connectivity index (χ1n) is 6.30. The first-order chi connectivity index (χ1) is 9.56. The second-order valence-corrected chi connectivity index (χ2v) is 5.51. The minimum absolute atomic E-state index is 0.0816. The molecule has 2 aromatic carbocycles. The van der Waals surface area contributed by atoms with Gasteiger partial charge in [-0.05, 0) is 40.9 Å². The van der Waals surface area contributed by atoms with Crippen molar-refractivity contribution in [1.29, 1.82) is 0 Å². The number of nitrogens with one attached hydrogen (secondary N) is 1. The van der Waals surface area contributed by atoms with E-state index >= 15 is 0 Å². The van der Waals surface area contributed by atoms with Crippen LogP contribution in [-0.2, 0) is 6.42 Å². The van der Waals surface area contributed by atoms with E-state index in [1.54, 1.807) is 6.07 Å². The minimum Gasteiger partial charge on any atom is -0.381 e. The van der Waals surface area contributed by atoms with Gasteiger partial charge in [0, 0.05) is 28.3 Å². The summed E-state index contributed by atoms with van der Waals surface area (Å²) in [7, 11) is 0. The van der Waals surface area contributed by atoms with Crippen LogP contribution in [-0.4, -0.2) is 11.0 Å². The zero-order chi connectivity index (χ0) is 14.5. The van der Waals surface area contributed by atoms with Crippen LogP contribution in [0, 0.1) is 10.1 Å². The van der Waals surface area contributed by atoms with Crippen LogP contribution in [0.5, 0.6) is 0 Å². The van der Waals surface area contributed by atoms with E-state index < -0.39 is 4.92 Å². The Morgan fingerprint density at radius 2 is 1.95 bits per heavy atom. The van der Waals surface area contributed by atoms with Gasteiger partial charge in [-0.1, -0.05) is 30.3 Å². The molecule has 1 unspecified atom stereocenters. The van der Waals surface area contributed by atoms with Crippen molar-refractivity contribution >= 4 is 27.3 Å². The molecule has 2 aromatic rings. The van der Waals surface area contributed by atoms with E-state index in [-0.39, 0.29) is 11.7 Å². The Balaban J connectivity index is 2.04. The van der Waals surface area contributed by atoms with Crippen LogP contribution in [0.3, 0.4) is 0 Å². The maximum absolute atomic E-state index is 10.7. The largest absolute Gasteiger partial charge is 0.381 e. The molecule has 0 saturated carbocycles. The SMILES string of the molecule is CC(Cc1ccccc1)Nc1ccc([N+](=O)[O-])cc1Br. The highest BCUT2D eigenvalue weighted by Crippen LogP contribution is 2.27. The number of nitro groups is 1. The number of hydrogen-bond acceptors (Lipinski definition) is 3. The van der Waals surface area contributed by atoms with Gasteiger partial charge >= 0.3 is 0 Å². The highest BCUT2D eigenvalue weighted by atomic mass is 79.9. The summed E-state index contributed by atoms with van der Waals surface area (Å²) in [5, 5.41) is 14.0. The molecule has 0 saturated heterocycles. The predicted octanol–water partition coefficient (Wildman–Crippen LogP) is 4.40. The fourth-order valence-corrected chi connectivity index (χ4v) is 2.50. The maximum Gasteiger partial charge on any atom is 0.270 e. The lowest BCUT2D eigenvalue weighted by Gasteiger charge is -2.16. The van der Waals surface area contributed by atoms with Crippen LogP contribution >= 0.6 is 15.9 Å². The van der Waals surface area contributed by atoms with E-state index in [1.165, 1.54) is 17.7 Å². The summed E-state index contributed by atoms with van der Waals surface area (Å²) in [6.07, 6.45) is 0.893. The van der Waals surface area contributed by atoms with E-state index in [2.05, 4.69) is 40.3 Å². The summed E-state index contributed by atoms with van der Waals surface area (Å²) in [5.74, 6) is 0. The van der Waals surface area contributed by atoms with Gasteiger partial charge in [-0.25, -0.2) is 0 Å². The zero-order valence-electron chi connectivity index (χ0n) is 11.0. The number of rotatable bonds is 5. The summed E-state index contributed by atoms with van der Waals surface area (Å²) in [4.78, 5) is 10.3. The lowest BCUT2D eigenvalue weighted by Crippen LogP contribution is -2.18. The summed E-state index contributed by atoms with van der Waals surface area (Å²) < 4.78 is 0.701. The highest BCUT2D eigenvalue weighted by molar-refractivity contribution is 9.10. The fraction of sp³-hybridized carbons (Fsp3) is 0.200. The van der Waals surface area contributed by atoms with E-state index in [9.17, 15) is 10.1 Å². The highest BCUT2D eigenvalue weighted by Gasteiger charge is 2.11. The number of nitrogens with zero attached hydrogens (tertiary/aromatic N) is 1. The van der Waals surface area contributed by atoms with Crippen molar-refractivity contribution in [3.05, 3.63) is 68.7 Å². The second kappa shape index (κ2) is 6.52. The van der Waals surface area contributed by atoms with Gasteiger partial charge in [-0.2, -0.15) is 0 Å². The third-order valence-corrected chi connectivity index (χ3v) is 3.61. The van der Waals surface area contributed by atoms with Gasteiger partial charge in [-0.3, -0.25) is 10.1 Å². The van der Waals surface area contributed by atoms with E-state index in [1.807, 2.05) is 18.2 Å². The zero-order valence-corrected chi connectivity index (χ0v) is 12.6. The number of benzene rings is 2. The summed E-state index contributed by atoms with van der Waals surface area (Å²) in [6, 6.07) is 15.2. The third-order valence-electron chi connectivity index (χ3n) is 2.95. The lowest BCUT2D eigenvalue weighted by atomic mass is 10.1. The summed E-state index contributed by atoms with van der Waals surface area (Å²) in [5.41, 5.74) is 2.20. The smallest absolute Gasteiger partial charge is 0.270 e. The first-order valence-corrected chi connectivity index (χ1v) is 7.10. The van der Waals surface area contributed by atoms with Crippen LogP contribution < -0.4 is 5.32 Å². The molecular weight excluding hydrogens is 320 g/mol. The van der Waals surface area contributed by atoms with Crippen LogP contribution in [0.2, 0.25) is 0 Å². The number of hydrogen-bond donors (Lipinski definition) is 1. The molecule has 0 aromatic heterocycles. The van der Waals surface area contributed by atoms with Gasteiger partial charge < -0.3 is 5.32 Å². The molecule has 0 aliphatic rings. The Labute approximate surface area is 126 Å². The van der Waals surface area contributed by atoms with Crippen LogP contribution in [0.4, 0.5) is 11.4 Å². The average molecular weight is 335 g/mol. The van der Waals surface area contributed by atoms with Crippen molar-refractivity contribution in [1.82, 2.24) is 0 Å². The van der Waals surface area contributed by atoms with Crippen molar-refractivity contribution in [3.63, 3.8) is 0 Å². The minimum atomic E-state index is -0.401. The predicted molar refractivity (Wildman–Crippen MR) is 84.0 cm³/mol. The molecule has 5 heteroatoms. The van der Waals surface area contributed by atoms with Crippen molar-refractivity contribution in [2.45, 2.75) is 19.4 Å². The molecule has 0 aliphatic carbocycles. The molecule has 1 atom stereocenters. The van der Waals surface area contributed by atoms with Crippen molar-refractivity contribution < 1.29 is 4.92 Å². The van der Waals surface area contributed by atoms with Gasteiger partial charge in [0.1, 0.15) is 0 Å². The van der Waals surface area contributed by atoms with Gasteiger partial charge in [0.2, 0.25) is 0 Å². The van der Waals surface area contributed by atoms with E-state index in [4.69, 9.17) is 0 Å². The molecule has 4 nitrogen and oxygen atoms in total. The van der Waals surface area contributed by atoms with Gasteiger partial charge in [0.25, 0.3) is 5.69 Å². The van der Waals surface area contributed by atoms with Crippen LogP contribution in [0.15, 0.2) is 53.0 Å². The summed E-state index contributed by atoms with van der Waals surface area (Å²) in [6.45, 7) is 2.08. The Morgan fingerprint density at radius 1 is 1.25 bits per heavy atom. The van der Waals surface area contributed by atoms with Crippen LogP contribution in [0.25, 0.3) is 0 Å². The molecule has 0 spiro atoms. The second-order valence-electron chi connectivity index (χ2n) is 4.66. The van der Waals surface area contributed by atoms with Crippen molar-refractivity contribution in [3.8, 4) is 0 Å². The van der Waals surface area contributed by atoms with Crippen LogP contribution in [0.1, 0.15) is 12.5 Å². The van der Waals surface area contributed by atoms with Crippen molar-refractivity contribution in [2.24, 2.45) is 0 Å². The lowest BCUT2D eigenvalue weighted by molar-refractivity contribution is -0.384. The standard InChI is InChI=1S/C15H15BrN2O2/c1-11(9-12-5-3-2-4-6-12)17-15-8-7-13(18(19)20)10-14(15)16/h2-8,10-11,17H,9H2,1H3. The molecular formula is C15H15BrN2O2. The Kier molecular flexibility index (Phi) is 4.74. The van der Waals surface area contributed by atoms with Crippen molar-refractivity contribution in [2.75, 3.05) is 5.32 Å². The Hall–Kier alpha value is -1.88. The quantitative estimate of drug-likeness (QED) is 0.651. The maximum atomic E-state index is 10.7. The monoisotopic (exact) mass is 334 g/mol.